The van der Waals surface area contributed by atoms with Crippen molar-refractivity contribution in [2.75, 3.05) is 19.0 Å². The maximum absolute atomic E-state index is 10.0. The average molecular weight is 275 g/mol. The summed E-state index contributed by atoms with van der Waals surface area (Å²) < 4.78 is 5.06. The van der Waals surface area contributed by atoms with Gasteiger partial charge in [-0.15, -0.1) is 0 Å². The fourth-order valence-corrected chi connectivity index (χ4v) is 1.79. The van der Waals surface area contributed by atoms with Crippen LogP contribution in [0.2, 0.25) is 0 Å². The molecular weight excluding hydrogens is 258 g/mol. The maximum atomic E-state index is 10.0. The summed E-state index contributed by atoms with van der Waals surface area (Å²) in [5.41, 5.74) is 1.38. The van der Waals surface area contributed by atoms with Gasteiger partial charge in [-0.3, -0.25) is 0 Å². The van der Waals surface area contributed by atoms with Gasteiger partial charge in [0, 0.05) is 12.2 Å². The van der Waals surface area contributed by atoms with Gasteiger partial charge in [0.25, 0.3) is 0 Å². The zero-order valence-corrected chi connectivity index (χ0v) is 11.1. The van der Waals surface area contributed by atoms with E-state index in [0.717, 1.165) is 11.4 Å². The average Bonchev–Trinajstić information content (AvgIpc) is 2.48. The third-order valence-electron chi connectivity index (χ3n) is 2.97. The van der Waals surface area contributed by atoms with Gasteiger partial charge in [0.2, 0.25) is 0 Å². The third-order valence-corrected chi connectivity index (χ3v) is 2.97. The summed E-state index contributed by atoms with van der Waals surface area (Å²) in [6, 6.07) is 11.6. The molecule has 106 valence electrons. The van der Waals surface area contributed by atoms with Crippen molar-refractivity contribution in [3.8, 4) is 17.2 Å². The molecule has 0 aromatic heterocycles. The van der Waals surface area contributed by atoms with Gasteiger partial charge in [0.1, 0.15) is 5.75 Å². The first-order valence-corrected chi connectivity index (χ1v) is 6.18. The smallest absolute Gasteiger partial charge is 0.157 e. The Kier molecular flexibility index (Phi) is 4.32. The highest BCUT2D eigenvalue weighted by molar-refractivity contribution is 5.47. The second kappa shape index (κ2) is 6.16. The number of anilines is 1. The summed E-state index contributed by atoms with van der Waals surface area (Å²) in [6.07, 6.45) is -0.788. The highest BCUT2D eigenvalue weighted by atomic mass is 16.5. The van der Waals surface area contributed by atoms with Crippen LogP contribution >= 0.6 is 0 Å². The Hall–Kier alpha value is -2.40. The second-order valence-corrected chi connectivity index (χ2v) is 4.37. The van der Waals surface area contributed by atoms with E-state index in [-0.39, 0.29) is 18.0 Å². The van der Waals surface area contributed by atoms with Crippen LogP contribution in [0.5, 0.6) is 17.2 Å². The minimum absolute atomic E-state index is 0.205. The van der Waals surface area contributed by atoms with Gasteiger partial charge >= 0.3 is 0 Å². The van der Waals surface area contributed by atoms with Crippen molar-refractivity contribution in [3.05, 3.63) is 48.0 Å². The number of nitrogens with one attached hydrogen (secondary N) is 1. The van der Waals surface area contributed by atoms with Gasteiger partial charge in [-0.2, -0.15) is 0 Å². The number of benzene rings is 2. The van der Waals surface area contributed by atoms with Crippen molar-refractivity contribution in [1.82, 2.24) is 0 Å². The molecule has 0 saturated heterocycles. The Morgan fingerprint density at radius 3 is 2.35 bits per heavy atom. The number of hydrogen-bond acceptors (Lipinski definition) is 5. The van der Waals surface area contributed by atoms with Gasteiger partial charge in [0.05, 0.1) is 13.2 Å². The van der Waals surface area contributed by atoms with Crippen molar-refractivity contribution in [2.45, 2.75) is 6.10 Å². The number of aliphatic hydroxyl groups is 1. The first-order valence-electron chi connectivity index (χ1n) is 6.18. The fourth-order valence-electron chi connectivity index (χ4n) is 1.79. The summed E-state index contributed by atoms with van der Waals surface area (Å²) >= 11 is 0. The Morgan fingerprint density at radius 1 is 1.05 bits per heavy atom. The van der Waals surface area contributed by atoms with E-state index in [4.69, 9.17) is 4.74 Å². The zero-order chi connectivity index (χ0) is 14.5. The van der Waals surface area contributed by atoms with Crippen molar-refractivity contribution in [2.24, 2.45) is 0 Å². The van der Waals surface area contributed by atoms with Crippen LogP contribution in [-0.2, 0) is 0 Å². The Bertz CT molecular complexity index is 569. The number of ether oxygens (including phenoxy) is 1. The van der Waals surface area contributed by atoms with Crippen LogP contribution in [0.25, 0.3) is 0 Å². The van der Waals surface area contributed by atoms with Gasteiger partial charge in [-0.1, -0.05) is 6.07 Å². The van der Waals surface area contributed by atoms with Gasteiger partial charge in [-0.05, 0) is 42.0 Å². The molecule has 0 aliphatic carbocycles. The molecule has 0 amide bonds. The van der Waals surface area contributed by atoms with E-state index in [1.807, 2.05) is 24.3 Å². The summed E-state index contributed by atoms with van der Waals surface area (Å²) in [5.74, 6) is 0.314. The van der Waals surface area contributed by atoms with E-state index >= 15 is 0 Å². The molecule has 1 unspecified atom stereocenters. The van der Waals surface area contributed by atoms with Crippen LogP contribution in [0.1, 0.15) is 11.7 Å². The minimum Gasteiger partial charge on any atom is -0.504 e. The molecule has 4 N–H and O–H groups in total. The molecule has 0 bridgehead atoms. The molecular formula is C15H17NO4. The molecule has 0 spiro atoms. The largest absolute Gasteiger partial charge is 0.504 e. The van der Waals surface area contributed by atoms with Gasteiger partial charge in [0.15, 0.2) is 11.5 Å². The first-order chi connectivity index (χ1) is 9.60. The number of phenols is 2. The first kappa shape index (κ1) is 14.0. The number of aromatic hydroxyl groups is 2. The van der Waals surface area contributed by atoms with E-state index < -0.39 is 6.10 Å². The van der Waals surface area contributed by atoms with Crippen molar-refractivity contribution < 1.29 is 20.1 Å². The maximum Gasteiger partial charge on any atom is 0.157 e. The summed E-state index contributed by atoms with van der Waals surface area (Å²) in [6.45, 7) is 0.288. The number of aliphatic hydroxyl groups excluding tert-OH is 1. The molecule has 0 fully saturated rings. The molecule has 0 radical (unpaired) electrons. The molecule has 1 atom stereocenters. The van der Waals surface area contributed by atoms with Crippen LogP contribution in [0.15, 0.2) is 42.5 Å². The quantitative estimate of drug-likeness (QED) is 0.629. The summed E-state index contributed by atoms with van der Waals surface area (Å²) in [4.78, 5) is 0. The van der Waals surface area contributed by atoms with Crippen LogP contribution in [0, 0.1) is 0 Å². The lowest BCUT2D eigenvalue weighted by molar-refractivity contribution is 0.191. The van der Waals surface area contributed by atoms with Crippen molar-refractivity contribution >= 4 is 5.69 Å². The van der Waals surface area contributed by atoms with E-state index in [0.29, 0.717) is 5.56 Å². The third kappa shape index (κ3) is 3.33. The van der Waals surface area contributed by atoms with Crippen LogP contribution in [0.3, 0.4) is 0 Å². The topological polar surface area (TPSA) is 82.0 Å². The van der Waals surface area contributed by atoms with Gasteiger partial charge in [-0.25, -0.2) is 0 Å². The molecule has 5 heteroatoms. The lowest BCUT2D eigenvalue weighted by atomic mass is 10.1. The monoisotopic (exact) mass is 275 g/mol. The molecule has 0 saturated carbocycles. The van der Waals surface area contributed by atoms with Gasteiger partial charge < -0.3 is 25.4 Å². The van der Waals surface area contributed by atoms with Crippen molar-refractivity contribution in [3.63, 3.8) is 0 Å². The Labute approximate surface area is 117 Å². The predicted molar refractivity (Wildman–Crippen MR) is 76.2 cm³/mol. The highest BCUT2D eigenvalue weighted by Crippen LogP contribution is 2.28. The number of methoxy groups -OCH3 is 1. The lowest BCUT2D eigenvalue weighted by Gasteiger charge is -2.14. The van der Waals surface area contributed by atoms with E-state index in [1.54, 1.807) is 13.2 Å². The number of phenolic OH excluding ortho intramolecular Hbond substituents is 2. The van der Waals surface area contributed by atoms with Crippen LogP contribution in [-0.4, -0.2) is 29.0 Å². The van der Waals surface area contributed by atoms with E-state index in [1.165, 1.54) is 12.1 Å². The molecule has 2 rings (SSSR count). The van der Waals surface area contributed by atoms with E-state index in [9.17, 15) is 15.3 Å². The van der Waals surface area contributed by atoms with Crippen LogP contribution < -0.4 is 10.1 Å². The lowest BCUT2D eigenvalue weighted by Crippen LogP contribution is -2.11. The molecule has 5 nitrogen and oxygen atoms in total. The highest BCUT2D eigenvalue weighted by Gasteiger charge is 2.10. The predicted octanol–water partition coefficient (Wildman–Crippen LogP) is 2.25. The number of rotatable bonds is 5. The molecule has 0 heterocycles. The molecule has 2 aromatic rings. The molecule has 0 aliphatic rings. The second-order valence-electron chi connectivity index (χ2n) is 4.37. The SMILES string of the molecule is COc1ccc(NCC(O)c2ccc(O)c(O)c2)cc1. The minimum atomic E-state index is -0.788. The van der Waals surface area contributed by atoms with Crippen molar-refractivity contribution in [1.29, 1.82) is 0 Å². The summed E-state index contributed by atoms with van der Waals surface area (Å²) in [7, 11) is 1.60. The number of hydrogen-bond donors (Lipinski definition) is 4. The molecule has 20 heavy (non-hydrogen) atoms. The normalized spacial score (nSPS) is 11.9. The molecule has 0 aliphatic heterocycles. The fraction of sp³-hybridized carbons (Fsp3) is 0.200. The van der Waals surface area contributed by atoms with E-state index in [2.05, 4.69) is 5.32 Å². The molecule has 2 aromatic carbocycles. The van der Waals surface area contributed by atoms with Crippen LogP contribution in [0.4, 0.5) is 5.69 Å². The Balaban J connectivity index is 1.96. The standard InChI is InChI=1S/C15H17NO4/c1-20-12-5-3-11(4-6-12)16-9-15(19)10-2-7-13(17)14(18)8-10/h2-8,15-19H,9H2,1H3. The zero-order valence-electron chi connectivity index (χ0n) is 11.1. The summed E-state index contributed by atoms with van der Waals surface area (Å²) in [5, 5.41) is 31.7. The Morgan fingerprint density at radius 2 is 1.75 bits per heavy atom.